The number of furan rings is 1. The number of ether oxygens (including phenoxy) is 1. The van der Waals surface area contributed by atoms with Crippen molar-refractivity contribution >= 4 is 21.8 Å². The first-order chi connectivity index (χ1) is 12.0. The lowest BCUT2D eigenvalue weighted by Crippen LogP contribution is -2.39. The Morgan fingerprint density at radius 1 is 1.44 bits per heavy atom. The Kier molecular flexibility index (Phi) is 5.05. The standard InChI is InChI=1S/C16H19N3O5S/c1-23-9-6-19(12-14-3-2-8-24-14)16(20)13-4-5-15-17-25(21,22)10-7-18(15)11-13/h2-5,8,11H,6-7,9-10,12H2,1H3. The minimum absolute atomic E-state index is 0.0674. The lowest BCUT2D eigenvalue weighted by atomic mass is 10.1. The predicted octanol–water partition coefficient (Wildman–Crippen LogP) is 0.752. The summed E-state index contributed by atoms with van der Waals surface area (Å²) in [4.78, 5) is 16.2. The zero-order valence-corrected chi connectivity index (χ0v) is 14.6. The van der Waals surface area contributed by atoms with Gasteiger partial charge in [0.2, 0.25) is 0 Å². The van der Waals surface area contributed by atoms with Gasteiger partial charge >= 0.3 is 0 Å². The molecule has 0 saturated carbocycles. The predicted molar refractivity (Wildman–Crippen MR) is 91.2 cm³/mol. The third-order valence-corrected chi connectivity index (χ3v) is 5.01. The van der Waals surface area contributed by atoms with Crippen LogP contribution in [0.25, 0.3) is 0 Å². The van der Waals surface area contributed by atoms with Crippen LogP contribution in [0, 0.1) is 0 Å². The zero-order chi connectivity index (χ0) is 17.9. The molecule has 0 unspecified atom stereocenters. The van der Waals surface area contributed by atoms with Gasteiger partial charge in [-0.3, -0.25) is 4.79 Å². The monoisotopic (exact) mass is 365 g/mol. The van der Waals surface area contributed by atoms with Crippen molar-refractivity contribution in [2.45, 2.75) is 6.54 Å². The minimum Gasteiger partial charge on any atom is -0.467 e. The molecule has 1 amide bonds. The molecule has 0 saturated heterocycles. The molecular formula is C16H19N3O5S. The number of nitrogens with zero attached hydrogens (tertiary/aromatic N) is 3. The fourth-order valence-corrected chi connectivity index (χ4v) is 3.52. The van der Waals surface area contributed by atoms with Gasteiger partial charge in [0.1, 0.15) is 11.6 Å². The summed E-state index contributed by atoms with van der Waals surface area (Å²) in [5.41, 5.74) is 0.459. The van der Waals surface area contributed by atoms with Crippen LogP contribution in [0.5, 0.6) is 0 Å². The number of sulfonamides is 1. The molecule has 134 valence electrons. The first-order valence-corrected chi connectivity index (χ1v) is 9.39. The average molecular weight is 365 g/mol. The molecule has 0 bridgehead atoms. The highest BCUT2D eigenvalue weighted by Crippen LogP contribution is 2.18. The molecule has 0 aliphatic carbocycles. The smallest absolute Gasteiger partial charge is 0.256 e. The van der Waals surface area contributed by atoms with E-state index in [9.17, 15) is 13.2 Å². The Balaban J connectivity index is 1.78. The molecular weight excluding hydrogens is 346 g/mol. The molecule has 1 aromatic rings. The maximum atomic E-state index is 12.9. The van der Waals surface area contributed by atoms with Crippen LogP contribution in [0.1, 0.15) is 5.76 Å². The van der Waals surface area contributed by atoms with E-state index in [1.807, 2.05) is 0 Å². The minimum atomic E-state index is -3.41. The molecule has 0 spiro atoms. The summed E-state index contributed by atoms with van der Waals surface area (Å²) in [6, 6.07) is 3.57. The lowest BCUT2D eigenvalue weighted by Gasteiger charge is -2.29. The van der Waals surface area contributed by atoms with Crippen molar-refractivity contribution in [1.82, 2.24) is 9.80 Å². The van der Waals surface area contributed by atoms with Crippen molar-refractivity contribution in [3.63, 3.8) is 0 Å². The third-order valence-electron chi connectivity index (χ3n) is 3.85. The Hall–Kier alpha value is -2.39. The first-order valence-electron chi connectivity index (χ1n) is 7.78. The highest BCUT2D eigenvalue weighted by Gasteiger charge is 2.26. The average Bonchev–Trinajstić information content (AvgIpc) is 3.10. The Morgan fingerprint density at radius 2 is 2.28 bits per heavy atom. The maximum Gasteiger partial charge on any atom is 0.256 e. The van der Waals surface area contributed by atoms with Gasteiger partial charge in [-0.25, -0.2) is 8.42 Å². The van der Waals surface area contributed by atoms with Gasteiger partial charge in [0, 0.05) is 26.4 Å². The second-order valence-electron chi connectivity index (χ2n) is 5.65. The molecule has 9 heteroatoms. The molecule has 0 N–H and O–H groups in total. The molecule has 3 heterocycles. The Bertz CT molecular complexity index is 824. The summed E-state index contributed by atoms with van der Waals surface area (Å²) in [5.74, 6) is 0.757. The van der Waals surface area contributed by atoms with E-state index in [0.717, 1.165) is 0 Å². The topological polar surface area (TPSA) is 92.4 Å². The van der Waals surface area contributed by atoms with E-state index in [-0.39, 0.29) is 18.2 Å². The number of amides is 1. The van der Waals surface area contributed by atoms with Crippen LogP contribution in [0.2, 0.25) is 0 Å². The SMILES string of the molecule is COCCN(Cc1ccco1)C(=O)C1=CN2CCS(=O)(=O)N=C2C=C1. The molecule has 8 nitrogen and oxygen atoms in total. The zero-order valence-electron chi connectivity index (χ0n) is 13.8. The van der Waals surface area contributed by atoms with E-state index >= 15 is 0 Å². The van der Waals surface area contributed by atoms with Gasteiger partial charge in [-0.05, 0) is 24.3 Å². The summed E-state index contributed by atoms with van der Waals surface area (Å²) in [5, 5.41) is 0. The van der Waals surface area contributed by atoms with Gasteiger partial charge in [-0.15, -0.1) is 4.40 Å². The summed E-state index contributed by atoms with van der Waals surface area (Å²) < 4.78 is 37.2. The number of methoxy groups -OCH3 is 1. The van der Waals surface area contributed by atoms with E-state index < -0.39 is 10.0 Å². The molecule has 0 aromatic carbocycles. The van der Waals surface area contributed by atoms with E-state index in [1.165, 1.54) is 0 Å². The summed E-state index contributed by atoms with van der Waals surface area (Å²) >= 11 is 0. The van der Waals surface area contributed by atoms with Gasteiger partial charge < -0.3 is 19.0 Å². The van der Waals surface area contributed by atoms with Crippen molar-refractivity contribution < 1.29 is 22.4 Å². The molecule has 0 atom stereocenters. The number of hydrogen-bond acceptors (Lipinski definition) is 6. The molecule has 1 aromatic heterocycles. The normalized spacial score (nSPS) is 18.4. The fraction of sp³-hybridized carbons (Fsp3) is 0.375. The largest absolute Gasteiger partial charge is 0.467 e. The van der Waals surface area contributed by atoms with Crippen molar-refractivity contribution in [2.24, 2.45) is 4.40 Å². The lowest BCUT2D eigenvalue weighted by molar-refractivity contribution is -0.128. The first kappa shape index (κ1) is 17.4. The molecule has 25 heavy (non-hydrogen) atoms. The Morgan fingerprint density at radius 3 is 3.00 bits per heavy atom. The van der Waals surface area contributed by atoms with Crippen LogP contribution in [0.4, 0.5) is 0 Å². The fourth-order valence-electron chi connectivity index (χ4n) is 2.55. The van der Waals surface area contributed by atoms with Crippen LogP contribution >= 0.6 is 0 Å². The highest BCUT2D eigenvalue weighted by molar-refractivity contribution is 7.90. The quantitative estimate of drug-likeness (QED) is 0.739. The van der Waals surface area contributed by atoms with Crippen molar-refractivity contribution in [2.75, 3.05) is 32.6 Å². The number of fused-ring (bicyclic) bond motifs is 1. The van der Waals surface area contributed by atoms with Crippen LogP contribution in [0.15, 0.2) is 51.1 Å². The van der Waals surface area contributed by atoms with Gasteiger partial charge in [0.05, 0.1) is 30.7 Å². The second-order valence-corrected chi connectivity index (χ2v) is 7.40. The Labute approximate surface area is 146 Å². The molecule has 3 rings (SSSR count). The molecule has 0 fully saturated rings. The van der Waals surface area contributed by atoms with E-state index in [1.54, 1.807) is 53.7 Å². The summed E-state index contributed by atoms with van der Waals surface area (Å²) in [7, 11) is -1.84. The third kappa shape index (κ3) is 4.18. The molecule has 2 aliphatic rings. The van der Waals surface area contributed by atoms with Crippen LogP contribution in [-0.2, 0) is 26.1 Å². The van der Waals surface area contributed by atoms with Gasteiger partial charge in [-0.2, -0.15) is 0 Å². The van der Waals surface area contributed by atoms with E-state index in [4.69, 9.17) is 9.15 Å². The number of rotatable bonds is 6. The number of carbonyl (C=O) groups is 1. The van der Waals surface area contributed by atoms with Crippen LogP contribution in [0.3, 0.4) is 0 Å². The molecule has 0 radical (unpaired) electrons. The number of carbonyl (C=O) groups excluding carboxylic acids is 1. The van der Waals surface area contributed by atoms with Gasteiger partial charge in [-0.1, -0.05) is 0 Å². The van der Waals surface area contributed by atoms with E-state index in [0.29, 0.717) is 36.9 Å². The van der Waals surface area contributed by atoms with E-state index in [2.05, 4.69) is 4.40 Å². The van der Waals surface area contributed by atoms with Gasteiger partial charge in [0.15, 0.2) is 0 Å². The van der Waals surface area contributed by atoms with Crippen molar-refractivity contribution in [3.05, 3.63) is 48.1 Å². The van der Waals surface area contributed by atoms with Crippen LogP contribution in [-0.4, -0.2) is 62.5 Å². The van der Waals surface area contributed by atoms with Crippen LogP contribution < -0.4 is 0 Å². The van der Waals surface area contributed by atoms with Crippen molar-refractivity contribution in [3.8, 4) is 0 Å². The van der Waals surface area contributed by atoms with Crippen molar-refractivity contribution in [1.29, 1.82) is 0 Å². The summed E-state index contributed by atoms with van der Waals surface area (Å²) in [6.45, 7) is 1.42. The maximum absolute atomic E-state index is 12.9. The number of amidine groups is 1. The van der Waals surface area contributed by atoms with Gasteiger partial charge in [0.25, 0.3) is 15.9 Å². The molecule has 2 aliphatic heterocycles. The summed E-state index contributed by atoms with van der Waals surface area (Å²) in [6.07, 6.45) is 6.33. The highest BCUT2D eigenvalue weighted by atomic mass is 32.2. The second kappa shape index (κ2) is 7.24. The number of hydrogen-bond donors (Lipinski definition) is 0.